The highest BCUT2D eigenvalue weighted by atomic mass is 16.4. The first-order chi connectivity index (χ1) is 16.8. The Morgan fingerprint density at radius 3 is 2.74 bits per heavy atom. The van der Waals surface area contributed by atoms with Gasteiger partial charge in [-0.3, -0.25) is 9.36 Å². The van der Waals surface area contributed by atoms with Gasteiger partial charge in [0.1, 0.15) is 5.82 Å². The van der Waals surface area contributed by atoms with Crippen LogP contribution in [0.15, 0.2) is 48.5 Å². The van der Waals surface area contributed by atoms with Crippen LogP contribution in [0.4, 0.5) is 5.82 Å². The summed E-state index contributed by atoms with van der Waals surface area (Å²) in [5.74, 6) is 0.800. The van der Waals surface area contributed by atoms with E-state index in [4.69, 9.17) is 15.7 Å². The molecule has 3 heterocycles. The van der Waals surface area contributed by atoms with Crippen molar-refractivity contribution in [2.45, 2.75) is 26.4 Å². The Bertz CT molecular complexity index is 1430. The third kappa shape index (κ3) is 4.39. The normalized spacial score (nSPS) is 13.6. The van der Waals surface area contributed by atoms with E-state index in [-0.39, 0.29) is 0 Å². The van der Waals surface area contributed by atoms with Crippen LogP contribution in [0.5, 0.6) is 0 Å². The van der Waals surface area contributed by atoms with Crippen molar-refractivity contribution in [3.05, 3.63) is 76.6 Å². The molecule has 0 bridgehead atoms. The number of benzene rings is 2. The van der Waals surface area contributed by atoms with Gasteiger partial charge in [0.2, 0.25) is 11.9 Å². The number of rotatable bonds is 6. The van der Waals surface area contributed by atoms with E-state index in [9.17, 15) is 14.8 Å². The van der Waals surface area contributed by atoms with Gasteiger partial charge in [0.15, 0.2) is 0 Å². The minimum Gasteiger partial charge on any atom is -0.423 e. The number of nitrogens with one attached hydrogen (secondary N) is 1. The van der Waals surface area contributed by atoms with Crippen molar-refractivity contribution in [1.29, 1.82) is 0 Å². The maximum Gasteiger partial charge on any atom is 0.488 e. The second-order valence-corrected chi connectivity index (χ2v) is 8.98. The molecule has 2 aromatic carbocycles. The molecular formula is C25H27BN6O3. The van der Waals surface area contributed by atoms with Crippen molar-refractivity contribution in [3.63, 3.8) is 0 Å². The molecule has 4 aromatic rings. The molecule has 0 atom stereocenters. The van der Waals surface area contributed by atoms with Gasteiger partial charge in [0.25, 0.3) is 0 Å². The van der Waals surface area contributed by atoms with E-state index in [0.717, 1.165) is 52.2 Å². The molecule has 35 heavy (non-hydrogen) atoms. The standard InChI is InChI=1S/C25H27BN6O3/c1-15-11-20-18(23(27)33)7-4-8-22(20)32(15)25-29-21-14-31(2)10-9-19(21)24(30-25)28-13-16-5-3-6-17(12-16)26(34)35/h3-8,11-12,34-35H,9-10,13-14H2,1-2H3,(H2,27,33)(H,28,29,30). The molecule has 0 spiro atoms. The minimum absolute atomic E-state index is 0.441. The number of aryl methyl sites for hydroxylation is 1. The van der Waals surface area contributed by atoms with Gasteiger partial charge in [-0.1, -0.05) is 30.3 Å². The second-order valence-electron chi connectivity index (χ2n) is 8.98. The van der Waals surface area contributed by atoms with Gasteiger partial charge >= 0.3 is 7.12 Å². The molecule has 0 saturated heterocycles. The van der Waals surface area contributed by atoms with Crippen LogP contribution in [-0.2, 0) is 19.5 Å². The van der Waals surface area contributed by atoms with E-state index in [1.54, 1.807) is 24.3 Å². The predicted molar refractivity (Wildman–Crippen MR) is 136 cm³/mol. The minimum atomic E-state index is -1.51. The first kappa shape index (κ1) is 23.0. The van der Waals surface area contributed by atoms with Gasteiger partial charge in [-0.15, -0.1) is 0 Å². The van der Waals surface area contributed by atoms with Crippen LogP contribution in [0.25, 0.3) is 16.9 Å². The maximum atomic E-state index is 12.0. The molecular weight excluding hydrogens is 443 g/mol. The number of nitrogens with zero attached hydrogens (tertiary/aromatic N) is 4. The fourth-order valence-corrected chi connectivity index (χ4v) is 4.69. The summed E-state index contributed by atoms with van der Waals surface area (Å²) in [6.07, 6.45) is 0.821. The number of hydrogen-bond donors (Lipinski definition) is 4. The average molecular weight is 470 g/mol. The maximum absolute atomic E-state index is 12.0. The van der Waals surface area contributed by atoms with Crippen molar-refractivity contribution < 1.29 is 14.8 Å². The summed E-state index contributed by atoms with van der Waals surface area (Å²) in [6, 6.07) is 14.6. The molecule has 1 amide bonds. The van der Waals surface area contributed by atoms with Crippen LogP contribution in [0.1, 0.15) is 32.9 Å². The van der Waals surface area contributed by atoms with Crippen molar-refractivity contribution >= 4 is 35.2 Å². The zero-order valence-corrected chi connectivity index (χ0v) is 19.7. The smallest absolute Gasteiger partial charge is 0.423 e. The van der Waals surface area contributed by atoms with Crippen molar-refractivity contribution in [1.82, 2.24) is 19.4 Å². The Morgan fingerprint density at radius 2 is 1.97 bits per heavy atom. The Kier molecular flexibility index (Phi) is 6.02. The zero-order valence-electron chi connectivity index (χ0n) is 19.7. The first-order valence-electron chi connectivity index (χ1n) is 11.5. The number of carbonyl (C=O) groups excluding carboxylic acids is 1. The number of primary amides is 1. The number of anilines is 1. The summed E-state index contributed by atoms with van der Waals surface area (Å²) >= 11 is 0. The topological polar surface area (TPSA) is 130 Å². The summed E-state index contributed by atoms with van der Waals surface area (Å²) in [5.41, 5.74) is 11.2. The number of hydrogen-bond acceptors (Lipinski definition) is 7. The fraction of sp³-hybridized carbons (Fsp3) is 0.240. The highest BCUT2D eigenvalue weighted by Crippen LogP contribution is 2.29. The van der Waals surface area contributed by atoms with E-state index >= 15 is 0 Å². The van der Waals surface area contributed by atoms with Crippen LogP contribution < -0.4 is 16.5 Å². The molecule has 2 aromatic heterocycles. The second kappa shape index (κ2) is 9.14. The van der Waals surface area contributed by atoms with E-state index in [1.807, 2.05) is 35.8 Å². The molecule has 0 aliphatic carbocycles. The lowest BCUT2D eigenvalue weighted by Crippen LogP contribution is -2.30. The number of amides is 1. The molecule has 5 N–H and O–H groups in total. The van der Waals surface area contributed by atoms with E-state index in [1.165, 1.54) is 0 Å². The monoisotopic (exact) mass is 470 g/mol. The Morgan fingerprint density at radius 1 is 1.17 bits per heavy atom. The summed E-state index contributed by atoms with van der Waals surface area (Å²) in [5, 5.41) is 23.2. The fourth-order valence-electron chi connectivity index (χ4n) is 4.69. The molecule has 0 saturated carbocycles. The summed E-state index contributed by atoms with van der Waals surface area (Å²) in [6.45, 7) is 4.04. The van der Waals surface area contributed by atoms with Crippen molar-refractivity contribution in [3.8, 4) is 5.95 Å². The lowest BCUT2D eigenvalue weighted by molar-refractivity contribution is 0.100. The third-order valence-electron chi connectivity index (χ3n) is 6.45. The largest absolute Gasteiger partial charge is 0.488 e. The Hall–Kier alpha value is -3.73. The molecule has 1 aliphatic rings. The quantitative estimate of drug-likeness (QED) is 0.311. The van der Waals surface area contributed by atoms with E-state index in [0.29, 0.717) is 30.1 Å². The molecule has 0 radical (unpaired) electrons. The molecule has 0 fully saturated rings. The lowest BCUT2D eigenvalue weighted by Gasteiger charge is -2.26. The van der Waals surface area contributed by atoms with Crippen molar-refractivity contribution in [2.75, 3.05) is 18.9 Å². The van der Waals surface area contributed by atoms with E-state index in [2.05, 4.69) is 17.3 Å². The highest BCUT2D eigenvalue weighted by molar-refractivity contribution is 6.58. The van der Waals surface area contributed by atoms with Gasteiger partial charge in [-0.25, -0.2) is 4.98 Å². The Balaban J connectivity index is 1.59. The average Bonchev–Trinajstić information content (AvgIpc) is 3.17. The molecule has 0 unspecified atom stereocenters. The summed E-state index contributed by atoms with van der Waals surface area (Å²) < 4.78 is 1.95. The van der Waals surface area contributed by atoms with Crippen LogP contribution in [0.3, 0.4) is 0 Å². The molecule has 5 rings (SSSR count). The molecule has 1 aliphatic heterocycles. The number of nitrogens with two attached hydrogens (primary N) is 1. The van der Waals surface area contributed by atoms with Crippen LogP contribution in [0, 0.1) is 6.92 Å². The Labute approximate surface area is 203 Å². The van der Waals surface area contributed by atoms with Crippen LogP contribution in [0.2, 0.25) is 0 Å². The van der Waals surface area contributed by atoms with Crippen LogP contribution >= 0.6 is 0 Å². The number of likely N-dealkylation sites (N-methyl/N-ethyl adjacent to an activating group) is 1. The first-order valence-corrected chi connectivity index (χ1v) is 11.5. The SMILES string of the molecule is Cc1cc2c(C(N)=O)cccc2n1-c1nc2c(c(NCc3cccc(B(O)O)c3)n1)CCN(C)C2. The van der Waals surface area contributed by atoms with Gasteiger partial charge in [-0.05, 0) is 49.6 Å². The molecule has 178 valence electrons. The van der Waals surface area contributed by atoms with E-state index < -0.39 is 13.0 Å². The number of carbonyl (C=O) groups is 1. The summed E-state index contributed by atoms with van der Waals surface area (Å²) in [4.78, 5) is 24.0. The van der Waals surface area contributed by atoms with Crippen LogP contribution in [-0.4, -0.2) is 56.1 Å². The van der Waals surface area contributed by atoms with Gasteiger partial charge in [0, 0.05) is 41.8 Å². The number of fused-ring (bicyclic) bond motifs is 2. The molecule has 10 heteroatoms. The van der Waals surface area contributed by atoms with Crippen molar-refractivity contribution in [2.24, 2.45) is 5.73 Å². The van der Waals surface area contributed by atoms with Gasteiger partial charge in [-0.2, -0.15) is 4.98 Å². The summed E-state index contributed by atoms with van der Waals surface area (Å²) in [7, 11) is 0.554. The predicted octanol–water partition coefficient (Wildman–Crippen LogP) is 1.11. The zero-order chi connectivity index (χ0) is 24.7. The number of aromatic nitrogens is 3. The van der Waals surface area contributed by atoms with Gasteiger partial charge < -0.3 is 26.0 Å². The third-order valence-corrected chi connectivity index (χ3v) is 6.45. The van der Waals surface area contributed by atoms with Gasteiger partial charge in [0.05, 0.1) is 11.2 Å². The highest BCUT2D eigenvalue weighted by Gasteiger charge is 2.23. The lowest BCUT2D eigenvalue weighted by atomic mass is 9.79. The molecule has 9 nitrogen and oxygen atoms in total.